The quantitative estimate of drug-likeness (QED) is 0.530. The van der Waals surface area contributed by atoms with E-state index in [0.29, 0.717) is 11.2 Å². The zero-order valence-corrected chi connectivity index (χ0v) is 15.1. The highest BCUT2D eigenvalue weighted by Crippen LogP contribution is 2.30. The molecule has 0 aliphatic heterocycles. The van der Waals surface area contributed by atoms with Crippen molar-refractivity contribution in [3.05, 3.63) is 48.3 Å². The smallest absolute Gasteiger partial charge is 0.335 e. The molecular formula is C17H16F3N5OS. The van der Waals surface area contributed by atoms with Crippen LogP contribution in [0.25, 0.3) is 10.8 Å². The Labute approximate surface area is 157 Å². The lowest BCUT2D eigenvalue weighted by molar-refractivity contribution is -0.146. The summed E-state index contributed by atoms with van der Waals surface area (Å²) >= 11 is 0.809. The molecule has 2 N–H and O–H groups in total. The second-order valence-corrected chi connectivity index (χ2v) is 6.54. The van der Waals surface area contributed by atoms with Gasteiger partial charge in [-0.25, -0.2) is 4.68 Å². The number of carbonyl (C=O) groups excluding carboxylic acids is 1. The van der Waals surface area contributed by atoms with Gasteiger partial charge in [0.05, 0.1) is 11.4 Å². The number of alkyl halides is 3. The van der Waals surface area contributed by atoms with Gasteiger partial charge in [0.1, 0.15) is 0 Å². The molecule has 0 unspecified atom stereocenters. The van der Waals surface area contributed by atoms with Gasteiger partial charge in [-0.2, -0.15) is 13.2 Å². The second-order valence-electron chi connectivity index (χ2n) is 5.60. The largest absolute Gasteiger partial charge is 0.453 e. The van der Waals surface area contributed by atoms with E-state index in [4.69, 9.17) is 5.84 Å². The maximum absolute atomic E-state index is 12.7. The Bertz CT molecular complexity index is 967. The molecule has 10 heteroatoms. The van der Waals surface area contributed by atoms with Crippen molar-refractivity contribution in [1.29, 1.82) is 0 Å². The van der Waals surface area contributed by atoms with Crippen LogP contribution in [-0.2, 0) is 11.0 Å². The van der Waals surface area contributed by atoms with E-state index in [2.05, 4.69) is 10.2 Å². The number of halogens is 3. The first-order valence-electron chi connectivity index (χ1n) is 8.01. The van der Waals surface area contributed by atoms with E-state index in [1.807, 2.05) is 49.4 Å². The second kappa shape index (κ2) is 7.47. The van der Waals surface area contributed by atoms with E-state index >= 15 is 0 Å². The minimum absolute atomic E-state index is 0.121. The van der Waals surface area contributed by atoms with Gasteiger partial charge in [0, 0.05) is 11.9 Å². The zero-order valence-electron chi connectivity index (χ0n) is 14.3. The lowest BCUT2D eigenvalue weighted by Gasteiger charge is -2.22. The maximum Gasteiger partial charge on any atom is 0.453 e. The molecule has 1 amide bonds. The minimum Gasteiger partial charge on any atom is -0.335 e. The first-order valence-corrected chi connectivity index (χ1v) is 9.00. The molecule has 3 aromatic rings. The Morgan fingerprint density at radius 2 is 1.89 bits per heavy atom. The summed E-state index contributed by atoms with van der Waals surface area (Å²) in [4.78, 5) is 14.3. The van der Waals surface area contributed by atoms with Crippen molar-refractivity contribution in [2.45, 2.75) is 18.3 Å². The fourth-order valence-electron chi connectivity index (χ4n) is 2.70. The Balaban J connectivity index is 1.80. The number of amides is 1. The summed E-state index contributed by atoms with van der Waals surface area (Å²) in [5, 5.41) is 8.20. The van der Waals surface area contributed by atoms with E-state index in [0.717, 1.165) is 28.2 Å². The average Bonchev–Trinajstić information content (AvgIpc) is 3.01. The van der Waals surface area contributed by atoms with Crippen molar-refractivity contribution in [2.24, 2.45) is 0 Å². The average molecular weight is 395 g/mol. The number of carbonyl (C=O) groups is 1. The summed E-state index contributed by atoms with van der Waals surface area (Å²) in [6, 6.07) is 13.3. The first kappa shape index (κ1) is 19.0. The Hall–Kier alpha value is -2.75. The lowest BCUT2D eigenvalue weighted by atomic mass is 10.1. The summed E-state index contributed by atoms with van der Waals surface area (Å²) in [6.07, 6.45) is -4.71. The van der Waals surface area contributed by atoms with Crippen LogP contribution >= 0.6 is 11.8 Å². The van der Waals surface area contributed by atoms with Gasteiger partial charge < -0.3 is 10.7 Å². The number of nitrogens with zero attached hydrogens (tertiary/aromatic N) is 4. The van der Waals surface area contributed by atoms with E-state index in [1.54, 1.807) is 4.90 Å². The van der Waals surface area contributed by atoms with Crippen LogP contribution in [0.5, 0.6) is 0 Å². The summed E-state index contributed by atoms with van der Waals surface area (Å²) in [5.74, 6) is 3.70. The molecule has 0 saturated carbocycles. The first-order chi connectivity index (χ1) is 12.8. The topological polar surface area (TPSA) is 77.0 Å². The van der Waals surface area contributed by atoms with E-state index in [9.17, 15) is 18.0 Å². The fourth-order valence-corrected chi connectivity index (χ4v) is 3.43. The normalized spacial score (nSPS) is 11.7. The van der Waals surface area contributed by atoms with Crippen molar-refractivity contribution in [3.63, 3.8) is 0 Å². The molecule has 142 valence electrons. The monoisotopic (exact) mass is 395 g/mol. The molecule has 1 heterocycles. The molecule has 0 atom stereocenters. The lowest BCUT2D eigenvalue weighted by Crippen LogP contribution is -2.32. The van der Waals surface area contributed by atoms with Crippen LogP contribution in [0.1, 0.15) is 12.7 Å². The highest BCUT2D eigenvalue weighted by atomic mass is 32.2. The maximum atomic E-state index is 12.7. The number of hydrogen-bond donors (Lipinski definition) is 1. The van der Waals surface area contributed by atoms with Crippen molar-refractivity contribution in [1.82, 2.24) is 14.9 Å². The Morgan fingerprint density at radius 3 is 2.56 bits per heavy atom. The van der Waals surface area contributed by atoms with Crippen molar-refractivity contribution < 1.29 is 18.0 Å². The van der Waals surface area contributed by atoms with Crippen LogP contribution in [0.4, 0.5) is 18.9 Å². The van der Waals surface area contributed by atoms with Gasteiger partial charge in [-0.1, -0.05) is 48.2 Å². The number of aromatic nitrogens is 3. The third-order valence-corrected chi connectivity index (χ3v) is 4.85. The molecule has 0 aliphatic rings. The standard InChI is InChI=1S/C17H16F3N5OS/c1-2-24(13-9-5-7-11-6-3-4-8-12(11)13)14(26)10-27-16-23-22-15(25(16)21)17(18,19)20/h3-9H,2,10,21H2,1H3. The number of anilines is 1. The van der Waals surface area contributed by atoms with Gasteiger partial charge >= 0.3 is 6.18 Å². The minimum atomic E-state index is -4.71. The molecule has 2 aromatic carbocycles. The van der Waals surface area contributed by atoms with Gasteiger partial charge in [-0.15, -0.1) is 10.2 Å². The van der Waals surface area contributed by atoms with E-state index < -0.39 is 12.0 Å². The summed E-state index contributed by atoms with van der Waals surface area (Å²) in [5.41, 5.74) is 0.742. The number of rotatable bonds is 5. The molecule has 0 spiro atoms. The van der Waals surface area contributed by atoms with Crippen LogP contribution in [-0.4, -0.2) is 33.1 Å². The molecule has 3 rings (SSSR count). The van der Waals surface area contributed by atoms with E-state index in [1.165, 1.54) is 0 Å². The number of nitrogen functional groups attached to an aromatic ring is 1. The van der Waals surface area contributed by atoms with Crippen LogP contribution < -0.4 is 10.7 Å². The number of nitrogens with two attached hydrogens (primary N) is 1. The number of fused-ring (bicyclic) bond motifs is 1. The molecule has 0 saturated heterocycles. The van der Waals surface area contributed by atoms with Crippen molar-refractivity contribution in [2.75, 3.05) is 23.0 Å². The van der Waals surface area contributed by atoms with Gasteiger partial charge in [0.25, 0.3) is 5.82 Å². The summed E-state index contributed by atoms with van der Waals surface area (Å²) in [6.45, 7) is 2.24. The Kier molecular flexibility index (Phi) is 5.26. The SMILES string of the molecule is CCN(C(=O)CSc1nnc(C(F)(F)F)n1N)c1cccc2ccccc12. The third-order valence-electron chi connectivity index (χ3n) is 3.92. The predicted molar refractivity (Wildman–Crippen MR) is 97.9 cm³/mol. The molecular weight excluding hydrogens is 379 g/mol. The number of benzene rings is 2. The summed E-state index contributed by atoms with van der Waals surface area (Å²) < 4.78 is 38.5. The third kappa shape index (κ3) is 3.85. The summed E-state index contributed by atoms with van der Waals surface area (Å²) in [7, 11) is 0. The van der Waals surface area contributed by atoms with Gasteiger partial charge in [-0.3, -0.25) is 4.79 Å². The van der Waals surface area contributed by atoms with Crippen molar-refractivity contribution >= 4 is 34.1 Å². The number of hydrogen-bond acceptors (Lipinski definition) is 5. The molecule has 0 fully saturated rings. The highest BCUT2D eigenvalue weighted by Gasteiger charge is 2.38. The zero-order chi connectivity index (χ0) is 19.6. The molecule has 0 radical (unpaired) electrons. The van der Waals surface area contributed by atoms with Crippen molar-refractivity contribution in [3.8, 4) is 0 Å². The van der Waals surface area contributed by atoms with Gasteiger partial charge in [-0.05, 0) is 18.4 Å². The molecule has 0 aliphatic carbocycles. The van der Waals surface area contributed by atoms with Crippen LogP contribution in [0.15, 0.2) is 47.6 Å². The van der Waals surface area contributed by atoms with Gasteiger partial charge in [0.15, 0.2) is 0 Å². The molecule has 27 heavy (non-hydrogen) atoms. The van der Waals surface area contributed by atoms with Crippen LogP contribution in [0, 0.1) is 0 Å². The highest BCUT2D eigenvalue weighted by molar-refractivity contribution is 7.99. The fraction of sp³-hybridized carbons (Fsp3) is 0.235. The van der Waals surface area contributed by atoms with Gasteiger partial charge in [0.2, 0.25) is 11.1 Å². The molecule has 0 bridgehead atoms. The van der Waals surface area contributed by atoms with Crippen LogP contribution in [0.2, 0.25) is 0 Å². The molecule has 6 nitrogen and oxygen atoms in total. The number of thioether (sulfide) groups is 1. The van der Waals surface area contributed by atoms with Crippen LogP contribution in [0.3, 0.4) is 0 Å². The Morgan fingerprint density at radius 1 is 1.19 bits per heavy atom. The predicted octanol–water partition coefficient (Wildman–Crippen LogP) is 3.31. The molecule has 1 aromatic heterocycles. The van der Waals surface area contributed by atoms with E-state index in [-0.39, 0.29) is 16.8 Å².